The van der Waals surface area contributed by atoms with E-state index < -0.39 is 5.66 Å². The highest BCUT2D eigenvalue weighted by atomic mass is 16.2. The fourth-order valence-corrected chi connectivity index (χ4v) is 4.33. The third-order valence-electron chi connectivity index (χ3n) is 5.52. The van der Waals surface area contributed by atoms with Gasteiger partial charge in [0.1, 0.15) is 5.82 Å². The number of fused-ring (bicyclic) bond motifs is 8. The Bertz CT molecular complexity index is 1270. The molecule has 3 aromatic carbocycles. The van der Waals surface area contributed by atoms with Crippen LogP contribution < -0.4 is 10.6 Å². The maximum Gasteiger partial charge on any atom is 0.276 e. The quantitative estimate of drug-likeness (QED) is 0.501. The van der Waals surface area contributed by atoms with Crippen molar-refractivity contribution in [3.05, 3.63) is 77.9 Å². The third-order valence-corrected chi connectivity index (χ3v) is 5.52. The van der Waals surface area contributed by atoms with E-state index in [9.17, 15) is 4.79 Å². The minimum absolute atomic E-state index is 0.0954. The number of carbonyl (C=O) groups is 1. The zero-order chi connectivity index (χ0) is 18.2. The van der Waals surface area contributed by atoms with Crippen molar-refractivity contribution in [1.82, 2.24) is 9.55 Å². The van der Waals surface area contributed by atoms with Crippen LogP contribution in [0.2, 0.25) is 0 Å². The molecule has 27 heavy (non-hydrogen) atoms. The first-order valence-corrected chi connectivity index (χ1v) is 8.96. The van der Waals surface area contributed by atoms with Crippen LogP contribution in [0.5, 0.6) is 0 Å². The molecule has 2 N–H and O–H groups in total. The normalized spacial score (nSPS) is 19.4. The number of rotatable bonds is 0. The number of aryl methyl sites for hydroxylation is 1. The molecule has 3 heterocycles. The van der Waals surface area contributed by atoms with Gasteiger partial charge in [-0.1, -0.05) is 35.9 Å². The molecule has 5 nitrogen and oxygen atoms in total. The van der Waals surface area contributed by atoms with Gasteiger partial charge in [0.15, 0.2) is 0 Å². The Morgan fingerprint density at radius 2 is 1.78 bits per heavy atom. The van der Waals surface area contributed by atoms with Crippen molar-refractivity contribution in [2.45, 2.75) is 12.6 Å². The van der Waals surface area contributed by atoms with E-state index in [0.717, 1.165) is 44.9 Å². The van der Waals surface area contributed by atoms with Gasteiger partial charge in [0.25, 0.3) is 5.91 Å². The summed E-state index contributed by atoms with van der Waals surface area (Å²) in [5.41, 5.74) is 5.52. The van der Waals surface area contributed by atoms with Gasteiger partial charge in [-0.2, -0.15) is 0 Å². The standard InChI is InChI=1S/C22H16N4O/c1-13-10-11-17-15(12-13)22(21(27)24-17)25-16-7-3-2-6-14(16)20-23-18-8-4-5-9-19(18)26(20)22/h2-12,25H,1H3,(H,24,27)/t22-/m1/s1. The highest BCUT2D eigenvalue weighted by Gasteiger charge is 2.53. The lowest BCUT2D eigenvalue weighted by molar-refractivity contribution is -0.120. The minimum atomic E-state index is -1.05. The molecule has 0 aliphatic carbocycles. The number of hydrogen-bond donors (Lipinski definition) is 2. The molecule has 0 radical (unpaired) electrons. The first-order chi connectivity index (χ1) is 13.2. The van der Waals surface area contributed by atoms with Gasteiger partial charge in [-0.15, -0.1) is 0 Å². The lowest BCUT2D eigenvalue weighted by atomic mass is 9.94. The van der Waals surface area contributed by atoms with E-state index in [1.165, 1.54) is 0 Å². The number of hydrogen-bond acceptors (Lipinski definition) is 3. The smallest absolute Gasteiger partial charge is 0.276 e. The molecule has 0 saturated carbocycles. The summed E-state index contributed by atoms with van der Waals surface area (Å²) in [4.78, 5) is 18.3. The van der Waals surface area contributed by atoms with Gasteiger partial charge in [-0.25, -0.2) is 4.98 Å². The maximum atomic E-state index is 13.4. The van der Waals surface area contributed by atoms with Crippen molar-refractivity contribution in [3.8, 4) is 11.4 Å². The number of imidazole rings is 1. The molecule has 2 aliphatic rings. The Kier molecular flexibility index (Phi) is 2.57. The van der Waals surface area contributed by atoms with Crippen LogP contribution in [0.15, 0.2) is 66.7 Å². The highest BCUT2D eigenvalue weighted by molar-refractivity contribution is 6.10. The Hall–Kier alpha value is -3.60. The minimum Gasteiger partial charge on any atom is -0.350 e. The van der Waals surface area contributed by atoms with E-state index in [1.807, 2.05) is 72.2 Å². The van der Waals surface area contributed by atoms with Crippen LogP contribution in [0.1, 0.15) is 11.1 Å². The van der Waals surface area contributed by atoms with E-state index >= 15 is 0 Å². The molecule has 0 bridgehead atoms. The van der Waals surface area contributed by atoms with Gasteiger partial charge in [0.05, 0.1) is 11.0 Å². The molecular weight excluding hydrogens is 336 g/mol. The Labute approximate surface area is 155 Å². The molecule has 1 aromatic heterocycles. The summed E-state index contributed by atoms with van der Waals surface area (Å²) in [6.45, 7) is 2.04. The summed E-state index contributed by atoms with van der Waals surface area (Å²) in [6, 6.07) is 22.0. The molecular formula is C22H16N4O. The predicted octanol–water partition coefficient (Wildman–Crippen LogP) is 4.09. The Morgan fingerprint density at radius 3 is 2.70 bits per heavy atom. The second-order valence-corrected chi connectivity index (χ2v) is 7.14. The Balaban J connectivity index is 1.80. The lowest BCUT2D eigenvalue weighted by Gasteiger charge is -2.37. The second kappa shape index (κ2) is 4.76. The molecule has 1 spiro atoms. The SMILES string of the molecule is Cc1ccc2c(c1)[C@]1(Nc3ccccc3-c3nc4ccccc4n31)C(=O)N2. The van der Waals surface area contributed by atoms with Gasteiger partial charge in [0.2, 0.25) is 5.66 Å². The summed E-state index contributed by atoms with van der Waals surface area (Å²) in [6.07, 6.45) is 0. The van der Waals surface area contributed by atoms with Gasteiger partial charge >= 0.3 is 0 Å². The largest absolute Gasteiger partial charge is 0.350 e. The second-order valence-electron chi connectivity index (χ2n) is 7.14. The van der Waals surface area contributed by atoms with Crippen LogP contribution >= 0.6 is 0 Å². The van der Waals surface area contributed by atoms with Crippen LogP contribution in [0, 0.1) is 6.92 Å². The highest BCUT2D eigenvalue weighted by Crippen LogP contribution is 2.48. The monoisotopic (exact) mass is 352 g/mol. The number of anilines is 2. The summed E-state index contributed by atoms with van der Waals surface area (Å²) in [5.74, 6) is 0.706. The van der Waals surface area contributed by atoms with E-state index in [4.69, 9.17) is 4.98 Å². The van der Waals surface area contributed by atoms with Crippen molar-refractivity contribution < 1.29 is 4.79 Å². The molecule has 2 aliphatic heterocycles. The predicted molar refractivity (Wildman–Crippen MR) is 106 cm³/mol. The Morgan fingerprint density at radius 1 is 0.963 bits per heavy atom. The lowest BCUT2D eigenvalue weighted by Crippen LogP contribution is -2.50. The molecule has 130 valence electrons. The number of amides is 1. The zero-order valence-corrected chi connectivity index (χ0v) is 14.7. The summed E-state index contributed by atoms with van der Waals surface area (Å²) >= 11 is 0. The van der Waals surface area contributed by atoms with Crippen molar-refractivity contribution in [2.75, 3.05) is 10.6 Å². The van der Waals surface area contributed by atoms with Crippen molar-refractivity contribution in [1.29, 1.82) is 0 Å². The molecule has 0 unspecified atom stereocenters. The van der Waals surface area contributed by atoms with Gasteiger partial charge in [0, 0.05) is 22.5 Å². The molecule has 0 fully saturated rings. The van der Waals surface area contributed by atoms with Crippen molar-refractivity contribution in [3.63, 3.8) is 0 Å². The summed E-state index contributed by atoms with van der Waals surface area (Å²) in [5, 5.41) is 6.61. The molecule has 5 heteroatoms. The van der Waals surface area contributed by atoms with E-state index in [2.05, 4.69) is 16.7 Å². The van der Waals surface area contributed by atoms with Gasteiger partial charge in [-0.05, 0) is 43.3 Å². The van der Waals surface area contributed by atoms with Gasteiger partial charge < -0.3 is 10.6 Å². The van der Waals surface area contributed by atoms with Crippen LogP contribution in [-0.4, -0.2) is 15.5 Å². The number of aromatic nitrogens is 2. The van der Waals surface area contributed by atoms with Crippen LogP contribution in [-0.2, 0) is 10.5 Å². The first-order valence-electron chi connectivity index (χ1n) is 8.96. The average Bonchev–Trinajstić information content (AvgIpc) is 3.20. The van der Waals surface area contributed by atoms with E-state index in [-0.39, 0.29) is 5.91 Å². The van der Waals surface area contributed by atoms with Crippen LogP contribution in [0.25, 0.3) is 22.4 Å². The number of carbonyl (C=O) groups excluding carboxylic acids is 1. The third kappa shape index (κ3) is 1.68. The average molecular weight is 352 g/mol. The first kappa shape index (κ1) is 14.6. The topological polar surface area (TPSA) is 59.0 Å². The number of nitrogens with one attached hydrogen (secondary N) is 2. The van der Waals surface area contributed by atoms with Crippen LogP contribution in [0.3, 0.4) is 0 Å². The fraction of sp³-hybridized carbons (Fsp3) is 0.0909. The summed E-state index contributed by atoms with van der Waals surface area (Å²) < 4.78 is 2.05. The van der Waals surface area contributed by atoms with E-state index in [1.54, 1.807) is 0 Å². The molecule has 4 aromatic rings. The molecule has 1 amide bonds. The molecule has 0 saturated heterocycles. The summed E-state index contributed by atoms with van der Waals surface area (Å²) in [7, 11) is 0. The van der Waals surface area contributed by atoms with Crippen molar-refractivity contribution in [2.24, 2.45) is 0 Å². The zero-order valence-electron chi connectivity index (χ0n) is 14.7. The number of benzene rings is 3. The maximum absolute atomic E-state index is 13.4. The number of nitrogens with zero attached hydrogens (tertiary/aromatic N) is 2. The van der Waals surface area contributed by atoms with Crippen LogP contribution in [0.4, 0.5) is 11.4 Å². The van der Waals surface area contributed by atoms with Crippen molar-refractivity contribution >= 4 is 28.3 Å². The van der Waals surface area contributed by atoms with E-state index in [0.29, 0.717) is 0 Å². The molecule has 6 rings (SSSR count). The molecule has 1 atom stereocenters. The number of para-hydroxylation sites is 3. The van der Waals surface area contributed by atoms with Gasteiger partial charge in [-0.3, -0.25) is 9.36 Å². The fourth-order valence-electron chi connectivity index (χ4n) is 4.33.